The lowest BCUT2D eigenvalue weighted by Gasteiger charge is -2.32. The third-order valence-corrected chi connectivity index (χ3v) is 3.97. The second-order valence-corrected chi connectivity index (χ2v) is 5.42. The van der Waals surface area contributed by atoms with Gasteiger partial charge in [0, 0.05) is 25.1 Å². The molecule has 1 fully saturated rings. The summed E-state index contributed by atoms with van der Waals surface area (Å²) in [6, 6.07) is 7.04. The number of carbonyl (C=O) groups is 1. The van der Waals surface area contributed by atoms with E-state index in [0.717, 1.165) is 12.8 Å². The van der Waals surface area contributed by atoms with E-state index in [2.05, 4.69) is 10.2 Å². The molecule has 1 amide bonds. The number of aromatic nitrogens is 2. The summed E-state index contributed by atoms with van der Waals surface area (Å²) in [5.41, 5.74) is 0.0188. The van der Waals surface area contributed by atoms with Crippen LogP contribution in [0.5, 0.6) is 0 Å². The third kappa shape index (κ3) is 2.74. The normalized spacial score (nSPS) is 18.6. The number of amides is 1. The van der Waals surface area contributed by atoms with Crippen LogP contribution in [0.15, 0.2) is 29.1 Å². The Bertz CT molecular complexity index is 739. The van der Waals surface area contributed by atoms with Crippen molar-refractivity contribution in [2.24, 2.45) is 0 Å². The quantitative estimate of drug-likeness (QED) is 0.933. The first kappa shape index (κ1) is 14.7. The minimum absolute atomic E-state index is 0.0803. The molecule has 0 bridgehead atoms. The largest absolute Gasteiger partial charge is 0.377 e. The maximum absolute atomic E-state index is 12.8. The fourth-order valence-corrected chi connectivity index (χ4v) is 2.92. The van der Waals surface area contributed by atoms with Crippen LogP contribution in [0.2, 0.25) is 0 Å². The first-order chi connectivity index (χ1) is 10.7. The van der Waals surface area contributed by atoms with Crippen LogP contribution in [0, 0.1) is 0 Å². The van der Waals surface area contributed by atoms with Crippen molar-refractivity contribution >= 4 is 16.7 Å². The Hall–Kier alpha value is -2.21. The Balaban J connectivity index is 1.92. The van der Waals surface area contributed by atoms with Gasteiger partial charge in [0.05, 0.1) is 11.5 Å². The van der Waals surface area contributed by atoms with E-state index < -0.39 is 0 Å². The number of likely N-dealkylation sites (tertiary alicyclic amines) is 1. The number of hydrogen-bond acceptors (Lipinski definition) is 4. The van der Waals surface area contributed by atoms with E-state index in [0.29, 0.717) is 36.2 Å². The number of nitrogens with one attached hydrogen (secondary N) is 1. The van der Waals surface area contributed by atoms with Crippen molar-refractivity contribution in [1.82, 2.24) is 15.1 Å². The molecule has 1 atom stereocenters. The summed E-state index contributed by atoms with van der Waals surface area (Å²) in [5.74, 6) is -0.156. The Kier molecular flexibility index (Phi) is 4.20. The van der Waals surface area contributed by atoms with E-state index in [1.807, 2.05) is 6.92 Å². The van der Waals surface area contributed by atoms with E-state index >= 15 is 0 Å². The van der Waals surface area contributed by atoms with Gasteiger partial charge in [-0.2, -0.15) is 5.10 Å². The average Bonchev–Trinajstić information content (AvgIpc) is 2.55. The van der Waals surface area contributed by atoms with Crippen molar-refractivity contribution in [2.45, 2.75) is 25.9 Å². The zero-order valence-electron chi connectivity index (χ0n) is 12.5. The molecule has 1 aromatic carbocycles. The molecule has 1 aromatic heterocycles. The summed E-state index contributed by atoms with van der Waals surface area (Å²) in [6.07, 6.45) is 1.96. The molecule has 22 heavy (non-hydrogen) atoms. The van der Waals surface area contributed by atoms with Crippen LogP contribution in [-0.2, 0) is 4.74 Å². The van der Waals surface area contributed by atoms with Crippen LogP contribution in [0.3, 0.4) is 0 Å². The van der Waals surface area contributed by atoms with Gasteiger partial charge in [0.2, 0.25) is 0 Å². The summed E-state index contributed by atoms with van der Waals surface area (Å²) in [4.78, 5) is 26.3. The molecular weight excluding hydrogens is 282 g/mol. The van der Waals surface area contributed by atoms with E-state index in [9.17, 15) is 9.59 Å². The number of carbonyl (C=O) groups excluding carboxylic acids is 1. The molecule has 0 unspecified atom stereocenters. The standard InChI is InChI=1S/C16H19N3O3/c1-2-22-11-6-5-9-19(10-11)16(21)14-12-7-3-4-8-13(12)15(20)18-17-14/h3-4,7-8,11H,2,5-6,9-10H2,1H3,(H,18,20)/t11-/m0/s1. The lowest BCUT2D eigenvalue weighted by molar-refractivity contribution is 0.00707. The maximum Gasteiger partial charge on any atom is 0.275 e. The molecule has 3 rings (SSSR count). The molecule has 0 saturated carbocycles. The molecule has 6 nitrogen and oxygen atoms in total. The van der Waals surface area contributed by atoms with Crippen LogP contribution in [0.25, 0.3) is 10.8 Å². The zero-order valence-corrected chi connectivity index (χ0v) is 12.5. The van der Waals surface area contributed by atoms with Crippen molar-refractivity contribution in [3.05, 3.63) is 40.3 Å². The van der Waals surface area contributed by atoms with Gasteiger partial charge in [-0.25, -0.2) is 5.10 Å². The van der Waals surface area contributed by atoms with Gasteiger partial charge in [-0.15, -0.1) is 0 Å². The molecular formula is C16H19N3O3. The topological polar surface area (TPSA) is 75.3 Å². The Morgan fingerprint density at radius 2 is 2.18 bits per heavy atom. The van der Waals surface area contributed by atoms with E-state index in [1.54, 1.807) is 29.2 Å². The predicted octanol–water partition coefficient (Wildman–Crippen LogP) is 1.56. The highest BCUT2D eigenvalue weighted by molar-refractivity contribution is 6.04. The molecule has 1 aliphatic rings. The maximum atomic E-state index is 12.8. The Morgan fingerprint density at radius 3 is 2.95 bits per heavy atom. The Labute approximate surface area is 128 Å². The minimum atomic E-state index is -0.280. The number of fused-ring (bicyclic) bond motifs is 1. The predicted molar refractivity (Wildman–Crippen MR) is 82.9 cm³/mol. The van der Waals surface area contributed by atoms with Gasteiger partial charge in [-0.05, 0) is 25.8 Å². The van der Waals surface area contributed by atoms with Gasteiger partial charge in [-0.3, -0.25) is 9.59 Å². The van der Waals surface area contributed by atoms with Gasteiger partial charge in [0.25, 0.3) is 11.5 Å². The second-order valence-electron chi connectivity index (χ2n) is 5.42. The molecule has 0 spiro atoms. The number of benzene rings is 1. The molecule has 6 heteroatoms. The summed E-state index contributed by atoms with van der Waals surface area (Å²) < 4.78 is 5.63. The highest BCUT2D eigenvalue weighted by Crippen LogP contribution is 2.19. The van der Waals surface area contributed by atoms with E-state index in [1.165, 1.54) is 0 Å². The zero-order chi connectivity index (χ0) is 15.5. The molecule has 2 heterocycles. The summed E-state index contributed by atoms with van der Waals surface area (Å²) in [7, 11) is 0. The molecule has 0 aliphatic carbocycles. The van der Waals surface area contributed by atoms with Crippen LogP contribution >= 0.6 is 0 Å². The fraction of sp³-hybridized carbons (Fsp3) is 0.438. The van der Waals surface area contributed by atoms with Gasteiger partial charge in [0.15, 0.2) is 5.69 Å². The number of aromatic amines is 1. The third-order valence-electron chi connectivity index (χ3n) is 3.97. The number of H-pyrrole nitrogens is 1. The first-order valence-corrected chi connectivity index (χ1v) is 7.59. The van der Waals surface area contributed by atoms with E-state index in [-0.39, 0.29) is 17.6 Å². The molecule has 2 aromatic rings. The van der Waals surface area contributed by atoms with Gasteiger partial charge in [-0.1, -0.05) is 18.2 Å². The van der Waals surface area contributed by atoms with Crippen molar-refractivity contribution in [2.75, 3.05) is 19.7 Å². The SMILES string of the molecule is CCO[C@H]1CCCN(C(=O)c2n[nH]c(=O)c3ccccc23)C1. The highest BCUT2D eigenvalue weighted by Gasteiger charge is 2.26. The molecule has 0 radical (unpaired) electrons. The summed E-state index contributed by atoms with van der Waals surface area (Å²) in [6.45, 7) is 3.86. The molecule has 1 N–H and O–H groups in total. The van der Waals surface area contributed by atoms with Gasteiger partial charge < -0.3 is 9.64 Å². The van der Waals surface area contributed by atoms with Crippen molar-refractivity contribution in [1.29, 1.82) is 0 Å². The second kappa shape index (κ2) is 6.27. The number of nitrogens with zero attached hydrogens (tertiary/aromatic N) is 2. The van der Waals surface area contributed by atoms with Crippen molar-refractivity contribution in [3.8, 4) is 0 Å². The molecule has 116 valence electrons. The molecule has 1 aliphatic heterocycles. The molecule has 1 saturated heterocycles. The van der Waals surface area contributed by atoms with Crippen LogP contribution in [0.4, 0.5) is 0 Å². The number of ether oxygens (including phenoxy) is 1. The lowest BCUT2D eigenvalue weighted by Crippen LogP contribution is -2.43. The van der Waals surface area contributed by atoms with Crippen molar-refractivity contribution in [3.63, 3.8) is 0 Å². The van der Waals surface area contributed by atoms with Gasteiger partial charge >= 0.3 is 0 Å². The number of piperidine rings is 1. The monoisotopic (exact) mass is 301 g/mol. The number of rotatable bonds is 3. The van der Waals surface area contributed by atoms with E-state index in [4.69, 9.17) is 4.74 Å². The van der Waals surface area contributed by atoms with Crippen LogP contribution in [-0.4, -0.2) is 46.8 Å². The Morgan fingerprint density at radius 1 is 1.41 bits per heavy atom. The van der Waals surface area contributed by atoms with Crippen molar-refractivity contribution < 1.29 is 9.53 Å². The van der Waals surface area contributed by atoms with Gasteiger partial charge in [0.1, 0.15) is 0 Å². The minimum Gasteiger partial charge on any atom is -0.377 e. The fourth-order valence-electron chi connectivity index (χ4n) is 2.92. The lowest BCUT2D eigenvalue weighted by atomic mass is 10.1. The van der Waals surface area contributed by atoms with Crippen LogP contribution < -0.4 is 5.56 Å². The smallest absolute Gasteiger partial charge is 0.275 e. The van der Waals surface area contributed by atoms with Crippen LogP contribution in [0.1, 0.15) is 30.3 Å². The summed E-state index contributed by atoms with van der Waals surface area (Å²) >= 11 is 0. The highest BCUT2D eigenvalue weighted by atomic mass is 16.5. The average molecular weight is 301 g/mol. The number of hydrogen-bond donors (Lipinski definition) is 1. The summed E-state index contributed by atoms with van der Waals surface area (Å²) in [5, 5.41) is 7.48. The first-order valence-electron chi connectivity index (χ1n) is 7.59.